The van der Waals surface area contributed by atoms with Crippen molar-refractivity contribution >= 4 is 29.2 Å². The number of nitrogens with zero attached hydrogens (tertiary/aromatic N) is 3. The van der Waals surface area contributed by atoms with Gasteiger partial charge in [-0.3, -0.25) is 0 Å². The third-order valence-corrected chi connectivity index (χ3v) is 3.65. The summed E-state index contributed by atoms with van der Waals surface area (Å²) in [5, 5.41) is 0.350. The summed E-state index contributed by atoms with van der Waals surface area (Å²) in [5.74, 6) is 2.32. The molecule has 1 aromatic rings. The van der Waals surface area contributed by atoms with Crippen molar-refractivity contribution in [2.24, 2.45) is 0 Å². The lowest BCUT2D eigenvalue weighted by Crippen LogP contribution is -2.34. The minimum atomic E-state index is 0.350. The fourth-order valence-electron chi connectivity index (χ4n) is 1.64. The summed E-state index contributed by atoms with van der Waals surface area (Å²) in [6.45, 7) is 2.16. The van der Waals surface area contributed by atoms with Crippen LogP contribution in [0, 0.1) is 0 Å². The van der Waals surface area contributed by atoms with Crippen LogP contribution in [0.2, 0.25) is 5.15 Å². The topological polar surface area (TPSA) is 38.2 Å². The van der Waals surface area contributed by atoms with Gasteiger partial charge in [0.15, 0.2) is 16.7 Å². The first-order chi connectivity index (χ1) is 8.15. The van der Waals surface area contributed by atoms with E-state index in [-0.39, 0.29) is 0 Å². The standard InChI is InChI=1S/C11H18ClN3OS/c1-5-8(6-17-4)15(2)11-9(16-3)10(12)13-7-14-11/h7-8H,5-6H2,1-4H3. The van der Waals surface area contributed by atoms with E-state index in [2.05, 4.69) is 28.0 Å². The maximum absolute atomic E-state index is 5.99. The van der Waals surface area contributed by atoms with Crippen molar-refractivity contribution < 1.29 is 4.74 Å². The van der Waals surface area contributed by atoms with Crippen LogP contribution in [0.1, 0.15) is 13.3 Å². The molecule has 1 heterocycles. The first-order valence-corrected chi connectivity index (χ1v) is 7.19. The largest absolute Gasteiger partial charge is 0.490 e. The third-order valence-electron chi connectivity index (χ3n) is 2.66. The Kier molecular flexibility index (Phi) is 5.85. The maximum Gasteiger partial charge on any atom is 0.199 e. The number of rotatable bonds is 6. The summed E-state index contributed by atoms with van der Waals surface area (Å²) in [4.78, 5) is 10.3. The van der Waals surface area contributed by atoms with E-state index in [4.69, 9.17) is 16.3 Å². The first-order valence-electron chi connectivity index (χ1n) is 5.41. The minimum Gasteiger partial charge on any atom is -0.490 e. The van der Waals surface area contributed by atoms with Gasteiger partial charge in [-0.05, 0) is 12.7 Å². The molecule has 0 radical (unpaired) electrons. The molecule has 17 heavy (non-hydrogen) atoms. The van der Waals surface area contributed by atoms with Crippen molar-refractivity contribution in [3.05, 3.63) is 11.5 Å². The van der Waals surface area contributed by atoms with E-state index < -0.39 is 0 Å². The van der Waals surface area contributed by atoms with E-state index in [1.54, 1.807) is 7.11 Å². The van der Waals surface area contributed by atoms with Gasteiger partial charge in [0, 0.05) is 18.8 Å². The molecule has 0 aliphatic heterocycles. The van der Waals surface area contributed by atoms with Crippen LogP contribution in [-0.2, 0) is 0 Å². The van der Waals surface area contributed by atoms with E-state index in [1.165, 1.54) is 6.33 Å². The second kappa shape index (κ2) is 6.91. The van der Waals surface area contributed by atoms with E-state index in [0.717, 1.165) is 18.0 Å². The Balaban J connectivity index is 3.01. The zero-order chi connectivity index (χ0) is 12.8. The number of ether oxygens (including phenoxy) is 1. The van der Waals surface area contributed by atoms with Gasteiger partial charge in [0.05, 0.1) is 7.11 Å². The monoisotopic (exact) mass is 275 g/mol. The molecular formula is C11H18ClN3OS. The van der Waals surface area contributed by atoms with Gasteiger partial charge < -0.3 is 9.64 Å². The second-order valence-corrected chi connectivity index (χ2v) is 4.92. The fourth-order valence-corrected chi connectivity index (χ4v) is 2.69. The molecule has 1 rings (SSSR count). The lowest BCUT2D eigenvalue weighted by Gasteiger charge is -2.28. The van der Waals surface area contributed by atoms with E-state index in [0.29, 0.717) is 16.9 Å². The van der Waals surface area contributed by atoms with Gasteiger partial charge in [-0.15, -0.1) is 0 Å². The molecule has 0 fully saturated rings. The number of methoxy groups -OCH3 is 1. The van der Waals surface area contributed by atoms with Crippen molar-refractivity contribution in [2.45, 2.75) is 19.4 Å². The Morgan fingerprint density at radius 2 is 2.24 bits per heavy atom. The number of halogens is 1. The minimum absolute atomic E-state index is 0.350. The molecule has 1 unspecified atom stereocenters. The van der Waals surface area contributed by atoms with Crippen molar-refractivity contribution in [1.82, 2.24) is 9.97 Å². The van der Waals surface area contributed by atoms with Crippen LogP contribution in [0.3, 0.4) is 0 Å². The number of hydrogen-bond acceptors (Lipinski definition) is 5. The fraction of sp³-hybridized carbons (Fsp3) is 0.636. The molecule has 0 aromatic carbocycles. The van der Waals surface area contributed by atoms with Gasteiger partial charge in [-0.25, -0.2) is 9.97 Å². The number of hydrogen-bond donors (Lipinski definition) is 0. The molecule has 0 spiro atoms. The smallest absolute Gasteiger partial charge is 0.199 e. The summed E-state index contributed by atoms with van der Waals surface area (Å²) in [6, 6.07) is 0.407. The summed E-state index contributed by atoms with van der Waals surface area (Å²) in [7, 11) is 3.59. The van der Waals surface area contributed by atoms with Crippen LogP contribution < -0.4 is 9.64 Å². The Morgan fingerprint density at radius 3 is 2.76 bits per heavy atom. The van der Waals surface area contributed by atoms with Gasteiger partial charge in [0.1, 0.15) is 6.33 Å². The molecule has 1 atom stereocenters. The molecule has 6 heteroatoms. The molecule has 1 aromatic heterocycles. The SMILES string of the molecule is CCC(CSC)N(C)c1ncnc(Cl)c1OC. The molecule has 0 saturated heterocycles. The Bertz CT molecular complexity index is 365. The molecule has 0 bridgehead atoms. The van der Waals surface area contributed by atoms with Crippen LogP contribution in [0.4, 0.5) is 5.82 Å². The predicted molar refractivity (Wildman–Crippen MR) is 74.5 cm³/mol. The van der Waals surface area contributed by atoms with Gasteiger partial charge in [-0.2, -0.15) is 11.8 Å². The predicted octanol–water partition coefficient (Wildman–Crippen LogP) is 2.72. The van der Waals surface area contributed by atoms with Crippen molar-refractivity contribution in [3.63, 3.8) is 0 Å². The van der Waals surface area contributed by atoms with Crippen molar-refractivity contribution in [2.75, 3.05) is 31.1 Å². The van der Waals surface area contributed by atoms with Gasteiger partial charge in [-0.1, -0.05) is 18.5 Å². The highest BCUT2D eigenvalue weighted by Crippen LogP contribution is 2.32. The number of thioether (sulfide) groups is 1. The third kappa shape index (κ3) is 3.39. The van der Waals surface area contributed by atoms with Crippen molar-refractivity contribution in [3.8, 4) is 5.75 Å². The maximum atomic E-state index is 5.99. The Labute approximate surface area is 112 Å². The van der Waals surface area contributed by atoms with Crippen LogP contribution in [0.25, 0.3) is 0 Å². The summed E-state index contributed by atoms with van der Waals surface area (Å²) in [5.41, 5.74) is 0. The van der Waals surface area contributed by atoms with Gasteiger partial charge >= 0.3 is 0 Å². The van der Waals surface area contributed by atoms with Gasteiger partial charge in [0.25, 0.3) is 0 Å². The van der Waals surface area contributed by atoms with E-state index >= 15 is 0 Å². The molecular weight excluding hydrogens is 258 g/mol. The highest BCUT2D eigenvalue weighted by atomic mass is 35.5. The summed E-state index contributed by atoms with van der Waals surface area (Å²) >= 11 is 7.81. The number of anilines is 1. The van der Waals surface area contributed by atoms with Crippen LogP contribution in [0.5, 0.6) is 5.75 Å². The quantitative estimate of drug-likeness (QED) is 0.747. The molecule has 4 nitrogen and oxygen atoms in total. The summed E-state index contributed by atoms with van der Waals surface area (Å²) < 4.78 is 5.26. The Morgan fingerprint density at radius 1 is 1.53 bits per heavy atom. The van der Waals surface area contributed by atoms with Crippen LogP contribution in [0.15, 0.2) is 6.33 Å². The lowest BCUT2D eigenvalue weighted by atomic mass is 10.2. The van der Waals surface area contributed by atoms with Crippen LogP contribution >= 0.6 is 23.4 Å². The molecule has 0 N–H and O–H groups in total. The molecule has 0 saturated carbocycles. The van der Waals surface area contributed by atoms with Crippen molar-refractivity contribution in [1.29, 1.82) is 0 Å². The highest BCUT2D eigenvalue weighted by molar-refractivity contribution is 7.98. The number of aromatic nitrogens is 2. The zero-order valence-electron chi connectivity index (χ0n) is 10.6. The van der Waals surface area contributed by atoms with Gasteiger partial charge in [0.2, 0.25) is 0 Å². The molecule has 0 aliphatic rings. The zero-order valence-corrected chi connectivity index (χ0v) is 12.2. The van der Waals surface area contributed by atoms with E-state index in [1.807, 2.05) is 18.8 Å². The second-order valence-electron chi connectivity index (χ2n) is 3.65. The summed E-state index contributed by atoms with van der Waals surface area (Å²) in [6.07, 6.45) is 4.60. The lowest BCUT2D eigenvalue weighted by molar-refractivity contribution is 0.409. The average Bonchev–Trinajstić information content (AvgIpc) is 2.34. The van der Waals surface area contributed by atoms with Crippen LogP contribution in [-0.4, -0.2) is 42.2 Å². The molecule has 0 aliphatic carbocycles. The van der Waals surface area contributed by atoms with E-state index in [9.17, 15) is 0 Å². The average molecular weight is 276 g/mol. The highest BCUT2D eigenvalue weighted by Gasteiger charge is 2.19. The normalized spacial score (nSPS) is 12.3. The first kappa shape index (κ1) is 14.4. The molecule has 96 valence electrons. The Hall–Kier alpha value is -0.680. The molecule has 0 amide bonds.